The number of rotatable bonds is 6. The molecule has 0 spiro atoms. The molecule has 0 aliphatic heterocycles. The third-order valence-corrected chi connectivity index (χ3v) is 4.53. The van der Waals surface area contributed by atoms with Crippen molar-refractivity contribution in [1.29, 1.82) is 0 Å². The molecular formula is C16H21N3O3S. The van der Waals surface area contributed by atoms with Crippen molar-refractivity contribution in [2.45, 2.75) is 39.7 Å². The first kappa shape index (κ1) is 17.2. The van der Waals surface area contributed by atoms with Gasteiger partial charge in [0.05, 0.1) is 23.5 Å². The molecule has 2 rings (SSSR count). The average molecular weight is 335 g/mol. The summed E-state index contributed by atoms with van der Waals surface area (Å²) in [4.78, 5) is 25.1. The first-order valence-electron chi connectivity index (χ1n) is 7.41. The molecule has 0 aliphatic carbocycles. The Bertz CT molecular complexity index is 692. The van der Waals surface area contributed by atoms with Crippen molar-refractivity contribution in [3.63, 3.8) is 0 Å². The van der Waals surface area contributed by atoms with Crippen molar-refractivity contribution in [2.75, 3.05) is 5.32 Å². The number of esters is 1. The lowest BCUT2D eigenvalue weighted by molar-refractivity contribution is -0.153. The van der Waals surface area contributed by atoms with E-state index in [1.54, 1.807) is 22.9 Å². The van der Waals surface area contributed by atoms with E-state index in [9.17, 15) is 9.59 Å². The highest BCUT2D eigenvalue weighted by Gasteiger charge is 2.20. The summed E-state index contributed by atoms with van der Waals surface area (Å²) in [6.45, 7) is 5.26. The van der Waals surface area contributed by atoms with Crippen molar-refractivity contribution in [3.8, 4) is 0 Å². The van der Waals surface area contributed by atoms with Crippen molar-refractivity contribution < 1.29 is 14.3 Å². The van der Waals surface area contributed by atoms with Gasteiger partial charge in [0.1, 0.15) is 0 Å². The number of amides is 1. The maximum Gasteiger partial charge on any atom is 0.306 e. The number of hydrogen-bond donors (Lipinski definition) is 1. The van der Waals surface area contributed by atoms with Gasteiger partial charge in [-0.25, -0.2) is 0 Å². The molecule has 0 bridgehead atoms. The minimum Gasteiger partial charge on any atom is -0.453 e. The van der Waals surface area contributed by atoms with Gasteiger partial charge in [-0.05, 0) is 38.6 Å². The van der Waals surface area contributed by atoms with Gasteiger partial charge in [-0.1, -0.05) is 6.07 Å². The van der Waals surface area contributed by atoms with Crippen LogP contribution in [0.2, 0.25) is 0 Å². The summed E-state index contributed by atoms with van der Waals surface area (Å²) < 4.78 is 6.89. The number of carbonyl (C=O) groups excluding carboxylic acids is 2. The molecule has 0 aromatic carbocycles. The number of aryl methyl sites for hydroxylation is 3. The highest BCUT2D eigenvalue weighted by atomic mass is 32.1. The van der Waals surface area contributed by atoms with Crippen LogP contribution < -0.4 is 5.32 Å². The number of carbonyl (C=O) groups is 2. The molecule has 124 valence electrons. The predicted molar refractivity (Wildman–Crippen MR) is 89.5 cm³/mol. The largest absolute Gasteiger partial charge is 0.453 e. The Morgan fingerprint density at radius 1 is 1.43 bits per heavy atom. The van der Waals surface area contributed by atoms with Crippen LogP contribution in [0.3, 0.4) is 0 Å². The minimum absolute atomic E-state index is 0.267. The first-order chi connectivity index (χ1) is 10.9. The van der Waals surface area contributed by atoms with Crippen LogP contribution in [0.5, 0.6) is 0 Å². The average Bonchev–Trinajstić information content (AvgIpc) is 3.09. The fraction of sp³-hybridized carbons (Fsp3) is 0.438. The zero-order valence-corrected chi connectivity index (χ0v) is 14.6. The number of nitrogens with zero attached hydrogens (tertiary/aromatic N) is 2. The van der Waals surface area contributed by atoms with E-state index < -0.39 is 6.10 Å². The van der Waals surface area contributed by atoms with Gasteiger partial charge in [-0.2, -0.15) is 5.10 Å². The second-order valence-corrected chi connectivity index (χ2v) is 6.40. The number of anilines is 1. The third kappa shape index (κ3) is 4.41. The van der Waals surface area contributed by atoms with E-state index in [2.05, 4.69) is 10.4 Å². The Balaban J connectivity index is 1.85. The summed E-state index contributed by atoms with van der Waals surface area (Å²) in [6, 6.07) is 3.92. The van der Waals surface area contributed by atoms with Gasteiger partial charge in [0.15, 0.2) is 6.10 Å². The Kier molecular flexibility index (Phi) is 5.54. The van der Waals surface area contributed by atoms with Crippen molar-refractivity contribution >= 4 is 28.9 Å². The number of thiophene rings is 1. The van der Waals surface area contributed by atoms with Gasteiger partial charge in [-0.3, -0.25) is 14.3 Å². The molecule has 0 radical (unpaired) electrons. The van der Waals surface area contributed by atoms with Crippen LogP contribution in [0.25, 0.3) is 0 Å². The third-order valence-electron chi connectivity index (χ3n) is 3.59. The molecule has 2 heterocycles. The van der Waals surface area contributed by atoms with Crippen LogP contribution in [-0.2, 0) is 27.8 Å². The molecule has 0 unspecified atom stereocenters. The first-order valence-corrected chi connectivity index (χ1v) is 8.29. The van der Waals surface area contributed by atoms with Crippen molar-refractivity contribution in [1.82, 2.24) is 9.78 Å². The van der Waals surface area contributed by atoms with E-state index in [1.807, 2.05) is 38.4 Å². The van der Waals surface area contributed by atoms with Gasteiger partial charge in [-0.15, -0.1) is 11.3 Å². The fourth-order valence-electron chi connectivity index (χ4n) is 2.17. The SMILES string of the molecule is Cc1nn(C)c(C)c1NC(=O)[C@H](C)OC(=O)CCc1cccs1. The van der Waals surface area contributed by atoms with Crippen LogP contribution in [0.15, 0.2) is 17.5 Å². The smallest absolute Gasteiger partial charge is 0.306 e. The minimum atomic E-state index is -0.843. The van der Waals surface area contributed by atoms with E-state index in [-0.39, 0.29) is 18.3 Å². The van der Waals surface area contributed by atoms with Gasteiger partial charge >= 0.3 is 5.97 Å². The Morgan fingerprint density at radius 2 is 2.17 bits per heavy atom. The summed E-state index contributed by atoms with van der Waals surface area (Å²) in [7, 11) is 1.81. The molecular weight excluding hydrogens is 314 g/mol. The van der Waals surface area contributed by atoms with Gasteiger partial charge < -0.3 is 10.1 Å². The molecule has 23 heavy (non-hydrogen) atoms. The van der Waals surface area contributed by atoms with Gasteiger partial charge in [0.2, 0.25) is 0 Å². The molecule has 0 aliphatic rings. The summed E-state index contributed by atoms with van der Waals surface area (Å²) in [6.07, 6.45) is 0.0548. The maximum absolute atomic E-state index is 12.2. The topological polar surface area (TPSA) is 73.2 Å². The van der Waals surface area contributed by atoms with Crippen LogP contribution in [-0.4, -0.2) is 27.8 Å². The number of aromatic nitrogens is 2. The second kappa shape index (κ2) is 7.41. The monoisotopic (exact) mass is 335 g/mol. The summed E-state index contributed by atoms with van der Waals surface area (Å²) in [5, 5.41) is 8.98. The fourth-order valence-corrected chi connectivity index (χ4v) is 2.88. The summed E-state index contributed by atoms with van der Waals surface area (Å²) >= 11 is 1.60. The van der Waals surface area contributed by atoms with Crippen LogP contribution >= 0.6 is 11.3 Å². The Morgan fingerprint density at radius 3 is 2.74 bits per heavy atom. The predicted octanol–water partition coefficient (Wildman–Crippen LogP) is 2.60. The number of hydrogen-bond acceptors (Lipinski definition) is 5. The Labute approximate surface area is 139 Å². The number of nitrogens with one attached hydrogen (secondary N) is 1. The lowest BCUT2D eigenvalue weighted by Crippen LogP contribution is -2.30. The molecule has 1 N–H and O–H groups in total. The highest BCUT2D eigenvalue weighted by molar-refractivity contribution is 7.09. The molecule has 6 nitrogen and oxygen atoms in total. The van der Waals surface area contributed by atoms with E-state index in [0.29, 0.717) is 12.1 Å². The summed E-state index contributed by atoms with van der Waals surface area (Å²) in [5.41, 5.74) is 2.25. The van der Waals surface area contributed by atoms with E-state index in [0.717, 1.165) is 16.3 Å². The van der Waals surface area contributed by atoms with Crippen molar-refractivity contribution in [2.24, 2.45) is 7.05 Å². The molecule has 0 saturated heterocycles. The van der Waals surface area contributed by atoms with Gasteiger partial charge in [0, 0.05) is 11.9 Å². The molecule has 7 heteroatoms. The normalized spacial score (nSPS) is 12.0. The quantitative estimate of drug-likeness (QED) is 0.824. The zero-order valence-electron chi connectivity index (χ0n) is 13.8. The molecule has 0 fully saturated rings. The van der Waals surface area contributed by atoms with Gasteiger partial charge in [0.25, 0.3) is 5.91 Å². The standard InChI is InChI=1S/C16H21N3O3S/c1-10-15(11(2)19(4)18-10)17-16(21)12(3)22-14(20)8-7-13-6-5-9-23-13/h5-6,9,12H,7-8H2,1-4H3,(H,17,21)/t12-/m0/s1. The van der Waals surface area contributed by atoms with Crippen LogP contribution in [0, 0.1) is 13.8 Å². The second-order valence-electron chi connectivity index (χ2n) is 5.37. The molecule has 1 atom stereocenters. The maximum atomic E-state index is 12.2. The summed E-state index contributed by atoms with van der Waals surface area (Å²) in [5.74, 6) is -0.727. The molecule has 0 saturated carbocycles. The number of ether oxygens (including phenoxy) is 1. The molecule has 2 aromatic rings. The van der Waals surface area contributed by atoms with E-state index in [1.165, 1.54) is 0 Å². The molecule has 1 amide bonds. The zero-order chi connectivity index (χ0) is 17.0. The van der Waals surface area contributed by atoms with Crippen molar-refractivity contribution in [3.05, 3.63) is 33.8 Å². The van der Waals surface area contributed by atoms with Crippen LogP contribution in [0.4, 0.5) is 5.69 Å². The highest BCUT2D eigenvalue weighted by Crippen LogP contribution is 2.19. The molecule has 2 aromatic heterocycles. The van der Waals surface area contributed by atoms with E-state index >= 15 is 0 Å². The van der Waals surface area contributed by atoms with Crippen LogP contribution in [0.1, 0.15) is 29.6 Å². The lowest BCUT2D eigenvalue weighted by Gasteiger charge is -2.13. The lowest BCUT2D eigenvalue weighted by atomic mass is 10.2. The Hall–Kier alpha value is -2.15. The van der Waals surface area contributed by atoms with E-state index in [4.69, 9.17) is 4.74 Å².